The topological polar surface area (TPSA) is 83.7 Å². The molecule has 0 fully saturated rings. The van der Waals surface area contributed by atoms with Crippen molar-refractivity contribution in [2.75, 3.05) is 6.54 Å². The molecule has 1 aromatic heterocycles. The van der Waals surface area contributed by atoms with Crippen LogP contribution in [-0.4, -0.2) is 24.6 Å². The van der Waals surface area contributed by atoms with E-state index < -0.39 is 11.8 Å². The average molecular weight is 451 g/mol. The van der Waals surface area contributed by atoms with Crippen molar-refractivity contribution >= 4 is 52.8 Å². The van der Waals surface area contributed by atoms with E-state index in [1.165, 1.54) is 6.21 Å². The molecule has 2 aromatic carbocycles. The monoisotopic (exact) mass is 449 g/mol. The minimum atomic E-state index is -0.490. The summed E-state index contributed by atoms with van der Waals surface area (Å²) >= 11 is 17.8. The fourth-order valence-corrected chi connectivity index (χ4v) is 2.96. The molecular weight excluding hydrogens is 437 g/mol. The quantitative estimate of drug-likeness (QED) is 0.418. The van der Waals surface area contributed by atoms with Gasteiger partial charge in [-0.1, -0.05) is 34.8 Å². The second kappa shape index (κ2) is 9.60. The molecule has 1 heterocycles. The second-order valence-electron chi connectivity index (χ2n) is 5.81. The summed E-state index contributed by atoms with van der Waals surface area (Å²) in [5.74, 6) is 0.0681. The first kappa shape index (κ1) is 20.9. The van der Waals surface area contributed by atoms with E-state index in [0.29, 0.717) is 37.7 Å². The third kappa shape index (κ3) is 5.84. The number of hydrogen-bond donors (Lipinski definition) is 2. The molecule has 0 aliphatic rings. The minimum absolute atomic E-state index is 0.234. The average Bonchev–Trinajstić information content (AvgIpc) is 3.15. The number of furan rings is 1. The molecule has 0 bridgehead atoms. The van der Waals surface area contributed by atoms with Crippen molar-refractivity contribution in [1.82, 2.24) is 10.7 Å². The molecule has 9 heteroatoms. The van der Waals surface area contributed by atoms with Gasteiger partial charge in [0.15, 0.2) is 0 Å². The first-order valence-electron chi connectivity index (χ1n) is 8.33. The van der Waals surface area contributed by atoms with Crippen molar-refractivity contribution < 1.29 is 14.0 Å². The van der Waals surface area contributed by atoms with Gasteiger partial charge in [0.1, 0.15) is 11.5 Å². The molecule has 3 aromatic rings. The molecule has 3 rings (SSSR count). The van der Waals surface area contributed by atoms with Crippen LogP contribution in [0, 0.1) is 0 Å². The minimum Gasteiger partial charge on any atom is -0.455 e. The molecule has 0 aliphatic heterocycles. The molecule has 6 nitrogen and oxygen atoms in total. The van der Waals surface area contributed by atoms with Crippen molar-refractivity contribution in [2.45, 2.75) is 0 Å². The Bertz CT molecular complexity index is 1060. The van der Waals surface area contributed by atoms with Gasteiger partial charge in [0.2, 0.25) is 0 Å². The van der Waals surface area contributed by atoms with Gasteiger partial charge in [-0.2, -0.15) is 5.10 Å². The van der Waals surface area contributed by atoms with Gasteiger partial charge >= 0.3 is 0 Å². The Morgan fingerprint density at radius 2 is 1.69 bits per heavy atom. The molecular formula is C20H14Cl3N3O3. The van der Waals surface area contributed by atoms with E-state index in [-0.39, 0.29) is 6.54 Å². The lowest BCUT2D eigenvalue weighted by atomic mass is 10.2. The molecule has 2 amide bonds. The summed E-state index contributed by atoms with van der Waals surface area (Å²) in [6.45, 7) is -0.234. The first-order chi connectivity index (χ1) is 13.9. The smallest absolute Gasteiger partial charge is 0.259 e. The maximum atomic E-state index is 11.9. The highest BCUT2D eigenvalue weighted by Crippen LogP contribution is 2.31. The summed E-state index contributed by atoms with van der Waals surface area (Å²) in [5.41, 5.74) is 3.39. The highest BCUT2D eigenvalue weighted by atomic mass is 35.5. The maximum absolute atomic E-state index is 11.9. The standard InChI is InChI=1S/C20H14Cl3N3O3/c21-13-3-1-12(2-4-13)20(28)24-11-19(27)26-25-10-15-6-8-18(29-15)16-7-5-14(22)9-17(16)23/h1-10H,11H2,(H,24,28)(H,26,27)/b25-10+. The Morgan fingerprint density at radius 1 is 0.966 bits per heavy atom. The van der Waals surface area contributed by atoms with Gasteiger partial charge in [-0.3, -0.25) is 9.59 Å². The van der Waals surface area contributed by atoms with Crippen molar-refractivity contribution in [3.63, 3.8) is 0 Å². The van der Waals surface area contributed by atoms with Crippen LogP contribution in [0.5, 0.6) is 0 Å². The summed E-state index contributed by atoms with van der Waals surface area (Å²) in [4.78, 5) is 23.7. The van der Waals surface area contributed by atoms with Gasteiger partial charge in [-0.05, 0) is 54.6 Å². The molecule has 148 valence electrons. The molecule has 0 saturated heterocycles. The number of benzene rings is 2. The summed E-state index contributed by atoms with van der Waals surface area (Å²) in [6.07, 6.45) is 1.34. The van der Waals surface area contributed by atoms with Crippen LogP contribution in [0.4, 0.5) is 0 Å². The van der Waals surface area contributed by atoms with Crippen molar-refractivity contribution in [3.8, 4) is 11.3 Å². The Kier molecular flexibility index (Phi) is 6.93. The van der Waals surface area contributed by atoms with Gasteiger partial charge in [-0.25, -0.2) is 5.43 Å². The van der Waals surface area contributed by atoms with Crippen molar-refractivity contribution in [1.29, 1.82) is 0 Å². The Labute approximate surface area is 181 Å². The number of halogens is 3. The summed E-state index contributed by atoms with van der Waals surface area (Å²) < 4.78 is 5.63. The Balaban J connectivity index is 1.51. The van der Waals surface area contributed by atoms with Gasteiger partial charge in [-0.15, -0.1) is 0 Å². The third-order valence-electron chi connectivity index (χ3n) is 3.72. The predicted octanol–water partition coefficient (Wildman–Crippen LogP) is 4.79. The zero-order valence-electron chi connectivity index (χ0n) is 14.8. The van der Waals surface area contributed by atoms with Crippen LogP contribution < -0.4 is 10.7 Å². The fraction of sp³-hybridized carbons (Fsp3) is 0.0500. The zero-order chi connectivity index (χ0) is 20.8. The number of amides is 2. The van der Waals surface area contributed by atoms with E-state index in [4.69, 9.17) is 39.2 Å². The molecule has 0 unspecified atom stereocenters. The first-order valence-corrected chi connectivity index (χ1v) is 9.47. The van der Waals surface area contributed by atoms with E-state index in [9.17, 15) is 9.59 Å². The van der Waals surface area contributed by atoms with Crippen LogP contribution in [0.3, 0.4) is 0 Å². The SMILES string of the molecule is O=C(CNC(=O)c1ccc(Cl)cc1)N/N=C/c1ccc(-c2ccc(Cl)cc2Cl)o1. The summed E-state index contributed by atoms with van der Waals surface area (Å²) in [6, 6.07) is 14.8. The van der Waals surface area contributed by atoms with E-state index in [1.54, 1.807) is 54.6 Å². The number of hydrogen-bond acceptors (Lipinski definition) is 4. The van der Waals surface area contributed by atoms with Gasteiger partial charge in [0, 0.05) is 21.2 Å². The summed E-state index contributed by atoms with van der Waals surface area (Å²) in [7, 11) is 0. The highest BCUT2D eigenvalue weighted by Gasteiger charge is 2.09. The molecule has 0 saturated carbocycles. The number of nitrogens with one attached hydrogen (secondary N) is 2. The van der Waals surface area contributed by atoms with Crippen LogP contribution in [-0.2, 0) is 4.79 Å². The number of nitrogens with zero attached hydrogens (tertiary/aromatic N) is 1. The third-order valence-corrected chi connectivity index (χ3v) is 4.52. The van der Waals surface area contributed by atoms with Gasteiger partial charge in [0.05, 0.1) is 17.8 Å². The Hall–Kier alpha value is -2.80. The molecule has 29 heavy (non-hydrogen) atoms. The predicted molar refractivity (Wildman–Crippen MR) is 114 cm³/mol. The number of carbonyl (C=O) groups excluding carboxylic acids is 2. The van der Waals surface area contributed by atoms with Crippen LogP contribution in [0.25, 0.3) is 11.3 Å². The highest BCUT2D eigenvalue weighted by molar-refractivity contribution is 6.36. The number of carbonyl (C=O) groups is 2. The van der Waals surface area contributed by atoms with Crippen LogP contribution >= 0.6 is 34.8 Å². The van der Waals surface area contributed by atoms with E-state index in [2.05, 4.69) is 15.8 Å². The van der Waals surface area contributed by atoms with Crippen LogP contribution in [0.1, 0.15) is 16.1 Å². The molecule has 2 N–H and O–H groups in total. The maximum Gasteiger partial charge on any atom is 0.259 e. The second-order valence-corrected chi connectivity index (χ2v) is 7.09. The van der Waals surface area contributed by atoms with Crippen molar-refractivity contribution in [3.05, 3.63) is 81.0 Å². The molecule has 0 radical (unpaired) electrons. The van der Waals surface area contributed by atoms with Crippen LogP contribution in [0.15, 0.2) is 64.1 Å². The van der Waals surface area contributed by atoms with E-state index in [0.717, 1.165) is 0 Å². The van der Waals surface area contributed by atoms with Crippen LogP contribution in [0.2, 0.25) is 15.1 Å². The fourth-order valence-electron chi connectivity index (χ4n) is 2.33. The normalized spacial score (nSPS) is 10.9. The lowest BCUT2D eigenvalue weighted by molar-refractivity contribution is -0.120. The van der Waals surface area contributed by atoms with Gasteiger partial charge < -0.3 is 9.73 Å². The van der Waals surface area contributed by atoms with Crippen molar-refractivity contribution in [2.24, 2.45) is 5.10 Å². The largest absolute Gasteiger partial charge is 0.455 e. The lowest BCUT2D eigenvalue weighted by Gasteiger charge is -2.04. The number of rotatable bonds is 6. The Morgan fingerprint density at radius 3 is 2.41 bits per heavy atom. The lowest BCUT2D eigenvalue weighted by Crippen LogP contribution is -2.34. The van der Waals surface area contributed by atoms with E-state index in [1.807, 2.05) is 0 Å². The van der Waals surface area contributed by atoms with Gasteiger partial charge in [0.25, 0.3) is 11.8 Å². The molecule has 0 aliphatic carbocycles. The molecule has 0 spiro atoms. The van der Waals surface area contributed by atoms with E-state index >= 15 is 0 Å². The molecule has 0 atom stereocenters. The summed E-state index contributed by atoms with van der Waals surface area (Å²) in [5, 5.41) is 7.80. The number of hydrazone groups is 1. The zero-order valence-corrected chi connectivity index (χ0v) is 17.1.